The van der Waals surface area contributed by atoms with Crippen molar-refractivity contribution in [1.29, 1.82) is 0 Å². The van der Waals surface area contributed by atoms with Gasteiger partial charge in [0.2, 0.25) is 11.7 Å². The van der Waals surface area contributed by atoms with E-state index in [0.717, 1.165) is 27.8 Å². The maximum atomic E-state index is 5.78. The Hall–Kier alpha value is -1.75. The molecule has 4 nitrogen and oxygen atoms in total. The molecule has 0 aliphatic carbocycles. The molecule has 0 aliphatic heterocycles. The van der Waals surface area contributed by atoms with Crippen LogP contribution in [-0.4, -0.2) is 15.1 Å². The van der Waals surface area contributed by atoms with Gasteiger partial charge in [-0.2, -0.15) is 4.98 Å². The number of nitrogens with zero attached hydrogens (tertiary/aromatic N) is 2. The van der Waals surface area contributed by atoms with Crippen molar-refractivity contribution in [1.82, 2.24) is 10.1 Å². The van der Waals surface area contributed by atoms with Crippen LogP contribution in [0.25, 0.3) is 11.4 Å². The van der Waals surface area contributed by atoms with Gasteiger partial charge < -0.3 is 10.3 Å². The van der Waals surface area contributed by atoms with Crippen molar-refractivity contribution in [2.45, 2.75) is 47.0 Å². The second-order valence-electron chi connectivity index (χ2n) is 6.40. The van der Waals surface area contributed by atoms with E-state index in [1.54, 1.807) is 0 Å². The van der Waals surface area contributed by atoms with E-state index in [1.807, 2.05) is 47.6 Å². The molecule has 0 bridgehead atoms. The van der Waals surface area contributed by atoms with Crippen molar-refractivity contribution in [2.75, 3.05) is 0 Å². The van der Waals surface area contributed by atoms with E-state index in [2.05, 4.69) is 10.1 Å². The second kappa shape index (κ2) is 5.22. The summed E-state index contributed by atoms with van der Waals surface area (Å²) in [5, 5.41) is 4.14. The number of benzene rings is 1. The minimum absolute atomic E-state index is 0.166. The lowest BCUT2D eigenvalue weighted by atomic mass is 9.93. The van der Waals surface area contributed by atoms with E-state index in [-0.39, 0.29) is 5.41 Å². The van der Waals surface area contributed by atoms with Crippen molar-refractivity contribution in [2.24, 2.45) is 5.73 Å². The van der Waals surface area contributed by atoms with Crippen LogP contribution in [0.2, 0.25) is 0 Å². The average molecular weight is 303 g/mol. The molecule has 0 fully saturated rings. The molecule has 1 heterocycles. The van der Waals surface area contributed by atoms with Gasteiger partial charge >= 0.3 is 0 Å². The van der Waals surface area contributed by atoms with Gasteiger partial charge in [-0.25, -0.2) is 0 Å². The lowest BCUT2D eigenvalue weighted by Crippen LogP contribution is -2.13. The minimum atomic E-state index is -0.166. The third kappa shape index (κ3) is 2.83. The smallest absolute Gasteiger partial charge is 0.232 e. The second-order valence-corrected chi connectivity index (χ2v) is 6.84. The Kier molecular flexibility index (Phi) is 3.89. The topological polar surface area (TPSA) is 64.9 Å². The van der Waals surface area contributed by atoms with E-state index in [1.165, 1.54) is 0 Å². The largest absolute Gasteiger partial charge is 0.389 e. The van der Waals surface area contributed by atoms with E-state index >= 15 is 0 Å². The molecule has 0 atom stereocenters. The lowest BCUT2D eigenvalue weighted by molar-refractivity contribution is 0.321. The van der Waals surface area contributed by atoms with Crippen molar-refractivity contribution in [3.8, 4) is 11.4 Å². The number of aromatic nitrogens is 2. The van der Waals surface area contributed by atoms with Crippen LogP contribution < -0.4 is 5.73 Å². The Labute approximate surface area is 130 Å². The van der Waals surface area contributed by atoms with E-state index in [9.17, 15) is 0 Å². The molecular weight excluding hydrogens is 282 g/mol. The van der Waals surface area contributed by atoms with Crippen LogP contribution in [0.5, 0.6) is 0 Å². The first kappa shape index (κ1) is 15.6. The molecule has 0 saturated heterocycles. The van der Waals surface area contributed by atoms with Crippen LogP contribution in [0, 0.1) is 20.8 Å². The van der Waals surface area contributed by atoms with Crippen LogP contribution in [0.15, 0.2) is 10.6 Å². The fraction of sp³-hybridized carbons (Fsp3) is 0.438. The molecule has 1 aromatic heterocycles. The molecule has 2 N–H and O–H groups in total. The number of hydrogen-bond donors (Lipinski definition) is 1. The highest BCUT2D eigenvalue weighted by Crippen LogP contribution is 2.31. The van der Waals surface area contributed by atoms with Gasteiger partial charge in [0.15, 0.2) is 0 Å². The van der Waals surface area contributed by atoms with Gasteiger partial charge in [-0.15, -0.1) is 0 Å². The molecule has 5 heteroatoms. The predicted molar refractivity (Wildman–Crippen MR) is 88.5 cm³/mol. The number of aryl methyl sites for hydroxylation is 1. The summed E-state index contributed by atoms with van der Waals surface area (Å²) in [6.45, 7) is 12.2. The average Bonchev–Trinajstić information content (AvgIpc) is 2.82. The standard InChI is InChI=1S/C16H21N3OS/c1-8-7-11(13(17)21)9(2)10(3)12(8)14-18-15(20-19-14)16(4,5)6/h7H,1-6H3,(H2,17,21). The highest BCUT2D eigenvalue weighted by Gasteiger charge is 2.24. The summed E-state index contributed by atoms with van der Waals surface area (Å²) >= 11 is 5.11. The van der Waals surface area contributed by atoms with Crippen LogP contribution >= 0.6 is 12.2 Å². The molecule has 0 spiro atoms. The molecule has 21 heavy (non-hydrogen) atoms. The Balaban J connectivity index is 2.63. The molecule has 0 unspecified atom stereocenters. The molecule has 0 radical (unpaired) electrons. The van der Waals surface area contributed by atoms with Crippen molar-refractivity contribution >= 4 is 17.2 Å². The summed E-state index contributed by atoms with van der Waals surface area (Å²) in [5.41, 5.74) is 10.7. The normalized spacial score (nSPS) is 11.7. The SMILES string of the molecule is Cc1cc(C(N)=S)c(C)c(C)c1-c1noc(C(C)(C)C)n1. The first-order valence-corrected chi connectivity index (χ1v) is 7.29. The predicted octanol–water partition coefficient (Wildman–Crippen LogP) is 3.59. The number of nitrogens with two attached hydrogens (primary N) is 1. The molecule has 2 rings (SSSR count). The third-order valence-electron chi connectivity index (χ3n) is 3.65. The summed E-state index contributed by atoms with van der Waals surface area (Å²) in [6, 6.07) is 1.99. The zero-order chi connectivity index (χ0) is 15.9. The summed E-state index contributed by atoms with van der Waals surface area (Å²) < 4.78 is 5.40. The van der Waals surface area contributed by atoms with Gasteiger partial charge in [-0.1, -0.05) is 38.1 Å². The van der Waals surface area contributed by atoms with Gasteiger partial charge in [0.1, 0.15) is 4.99 Å². The Bertz CT molecular complexity index is 711. The first-order chi connectivity index (χ1) is 9.62. The Morgan fingerprint density at radius 3 is 2.29 bits per heavy atom. The molecule has 0 aliphatic rings. The first-order valence-electron chi connectivity index (χ1n) is 6.88. The highest BCUT2D eigenvalue weighted by atomic mass is 32.1. The zero-order valence-corrected chi connectivity index (χ0v) is 14.2. The fourth-order valence-electron chi connectivity index (χ4n) is 2.31. The Morgan fingerprint density at radius 2 is 1.81 bits per heavy atom. The third-order valence-corrected chi connectivity index (χ3v) is 3.87. The van der Waals surface area contributed by atoms with E-state index in [4.69, 9.17) is 22.5 Å². The van der Waals surface area contributed by atoms with Gasteiger partial charge in [0.05, 0.1) is 0 Å². The summed E-state index contributed by atoms with van der Waals surface area (Å²) in [5.74, 6) is 1.25. The minimum Gasteiger partial charge on any atom is -0.389 e. The van der Waals surface area contributed by atoms with E-state index < -0.39 is 0 Å². The van der Waals surface area contributed by atoms with Crippen LogP contribution in [-0.2, 0) is 5.41 Å². The van der Waals surface area contributed by atoms with Gasteiger partial charge in [0, 0.05) is 16.5 Å². The van der Waals surface area contributed by atoms with Gasteiger partial charge in [0.25, 0.3) is 0 Å². The molecule has 2 aromatic rings. The molecule has 112 valence electrons. The molecule has 1 aromatic carbocycles. The number of thiocarbonyl (C=S) groups is 1. The molecule has 0 saturated carbocycles. The van der Waals surface area contributed by atoms with Crippen molar-refractivity contribution in [3.05, 3.63) is 34.2 Å². The molecule has 0 amide bonds. The van der Waals surface area contributed by atoms with Gasteiger partial charge in [-0.05, 0) is 43.5 Å². The lowest BCUT2D eigenvalue weighted by Gasteiger charge is -2.14. The van der Waals surface area contributed by atoms with Crippen LogP contribution in [0.4, 0.5) is 0 Å². The maximum Gasteiger partial charge on any atom is 0.232 e. The maximum absolute atomic E-state index is 5.78. The van der Waals surface area contributed by atoms with Crippen LogP contribution in [0.3, 0.4) is 0 Å². The summed E-state index contributed by atoms with van der Waals surface area (Å²) in [4.78, 5) is 4.96. The van der Waals surface area contributed by atoms with Crippen molar-refractivity contribution in [3.63, 3.8) is 0 Å². The quantitative estimate of drug-likeness (QED) is 0.859. The highest BCUT2D eigenvalue weighted by molar-refractivity contribution is 7.80. The van der Waals surface area contributed by atoms with Crippen LogP contribution in [0.1, 0.15) is 48.9 Å². The number of hydrogen-bond acceptors (Lipinski definition) is 4. The zero-order valence-electron chi connectivity index (χ0n) is 13.4. The summed E-state index contributed by atoms with van der Waals surface area (Å²) in [6.07, 6.45) is 0. The van der Waals surface area contributed by atoms with Gasteiger partial charge in [-0.3, -0.25) is 0 Å². The number of rotatable bonds is 2. The molecular formula is C16H21N3OS. The van der Waals surface area contributed by atoms with Crippen molar-refractivity contribution < 1.29 is 4.52 Å². The summed E-state index contributed by atoms with van der Waals surface area (Å²) in [7, 11) is 0. The fourth-order valence-corrected chi connectivity index (χ4v) is 2.52. The monoisotopic (exact) mass is 303 g/mol. The van der Waals surface area contributed by atoms with E-state index in [0.29, 0.717) is 16.7 Å². The Morgan fingerprint density at radius 1 is 1.19 bits per heavy atom.